The number of nitrogens with two attached hydrogens (primary N) is 1. The molecule has 1 aromatic carbocycles. The molecule has 0 bridgehead atoms. The summed E-state index contributed by atoms with van der Waals surface area (Å²) in [6, 6.07) is 4.68. The highest BCUT2D eigenvalue weighted by Gasteiger charge is 2.31. The lowest BCUT2D eigenvalue weighted by atomic mass is 10.1. The van der Waals surface area contributed by atoms with Crippen molar-refractivity contribution in [2.24, 2.45) is 0 Å². The highest BCUT2D eigenvalue weighted by molar-refractivity contribution is 5.59. The van der Waals surface area contributed by atoms with E-state index in [1.165, 1.54) is 12.3 Å². The van der Waals surface area contributed by atoms with Gasteiger partial charge in [0.1, 0.15) is 11.9 Å². The normalized spacial score (nSPS) is 11.1. The van der Waals surface area contributed by atoms with Crippen LogP contribution in [0.1, 0.15) is 16.7 Å². The van der Waals surface area contributed by atoms with Crippen molar-refractivity contribution in [1.29, 1.82) is 5.26 Å². The van der Waals surface area contributed by atoms with E-state index < -0.39 is 11.7 Å². The average Bonchev–Trinajstić information content (AvgIpc) is 2.80. The molecule has 0 radical (unpaired) electrons. The molecule has 2 rings (SSSR count). The Morgan fingerprint density at radius 1 is 1.40 bits per heavy atom. The largest absolute Gasteiger partial charge is 0.416 e. The standard InChI is InChI=1S/C12H10F3N5/c13-12(14,15)9-1-2-10(7(3-9)4-16)18-5-8-6-19-20-11(8)17/h1-3,6,18H,5H2,(H3,17,19,20). The van der Waals surface area contributed by atoms with Gasteiger partial charge in [0.15, 0.2) is 0 Å². The maximum absolute atomic E-state index is 12.5. The minimum Gasteiger partial charge on any atom is -0.384 e. The van der Waals surface area contributed by atoms with Crippen LogP contribution >= 0.6 is 0 Å². The van der Waals surface area contributed by atoms with Gasteiger partial charge in [0.05, 0.1) is 23.0 Å². The van der Waals surface area contributed by atoms with Gasteiger partial charge in [-0.25, -0.2) is 0 Å². The third-order valence-electron chi connectivity index (χ3n) is 2.69. The van der Waals surface area contributed by atoms with E-state index in [4.69, 9.17) is 11.0 Å². The van der Waals surface area contributed by atoms with Crippen LogP contribution in [0.25, 0.3) is 0 Å². The van der Waals surface area contributed by atoms with Crippen molar-refractivity contribution in [2.45, 2.75) is 12.7 Å². The first-order valence-electron chi connectivity index (χ1n) is 5.54. The molecule has 20 heavy (non-hydrogen) atoms. The molecule has 0 aliphatic carbocycles. The molecule has 0 saturated carbocycles. The second-order valence-electron chi connectivity index (χ2n) is 4.03. The summed E-state index contributed by atoms with van der Waals surface area (Å²) in [5.74, 6) is 0.364. The number of nitrogens with one attached hydrogen (secondary N) is 2. The Hall–Kier alpha value is -2.69. The maximum atomic E-state index is 12.5. The number of hydrogen-bond donors (Lipinski definition) is 3. The predicted octanol–water partition coefficient (Wildman–Crippen LogP) is 2.49. The van der Waals surface area contributed by atoms with E-state index >= 15 is 0 Å². The second kappa shape index (κ2) is 5.13. The van der Waals surface area contributed by atoms with E-state index in [1.54, 1.807) is 6.07 Å². The molecule has 0 aliphatic heterocycles. The Morgan fingerprint density at radius 3 is 2.70 bits per heavy atom. The Balaban J connectivity index is 2.21. The van der Waals surface area contributed by atoms with Crippen LogP contribution in [0.5, 0.6) is 0 Å². The molecule has 1 heterocycles. The molecule has 0 fully saturated rings. The summed E-state index contributed by atoms with van der Waals surface area (Å²) < 4.78 is 37.6. The number of nitrogen functional groups attached to an aromatic ring is 1. The zero-order chi connectivity index (χ0) is 14.8. The van der Waals surface area contributed by atoms with Crippen LogP contribution in [0, 0.1) is 11.3 Å². The summed E-state index contributed by atoms with van der Waals surface area (Å²) >= 11 is 0. The zero-order valence-electron chi connectivity index (χ0n) is 10.1. The molecule has 5 nitrogen and oxygen atoms in total. The first-order valence-corrected chi connectivity index (χ1v) is 5.54. The summed E-state index contributed by atoms with van der Waals surface area (Å²) in [4.78, 5) is 0. The summed E-state index contributed by atoms with van der Waals surface area (Å²) in [5, 5.41) is 18.0. The zero-order valence-corrected chi connectivity index (χ0v) is 10.1. The Bertz CT molecular complexity index is 654. The van der Waals surface area contributed by atoms with Crippen molar-refractivity contribution in [2.75, 3.05) is 11.1 Å². The molecule has 0 unspecified atom stereocenters. The number of rotatable bonds is 3. The van der Waals surface area contributed by atoms with Crippen LogP contribution in [0.4, 0.5) is 24.7 Å². The minimum atomic E-state index is -4.47. The van der Waals surface area contributed by atoms with Gasteiger partial charge in [0, 0.05) is 12.1 Å². The lowest BCUT2D eigenvalue weighted by Crippen LogP contribution is -2.07. The molecule has 2 aromatic rings. The van der Waals surface area contributed by atoms with Gasteiger partial charge in [0.25, 0.3) is 0 Å². The summed E-state index contributed by atoms with van der Waals surface area (Å²) in [6.07, 6.45) is -2.97. The fraction of sp³-hybridized carbons (Fsp3) is 0.167. The molecule has 0 saturated heterocycles. The maximum Gasteiger partial charge on any atom is 0.416 e. The molecule has 0 aliphatic rings. The number of aromatic amines is 1. The van der Waals surface area contributed by atoms with Crippen LogP contribution in [0.2, 0.25) is 0 Å². The van der Waals surface area contributed by atoms with Gasteiger partial charge in [-0.2, -0.15) is 23.5 Å². The Morgan fingerprint density at radius 2 is 2.15 bits per heavy atom. The van der Waals surface area contributed by atoms with Gasteiger partial charge in [-0.15, -0.1) is 0 Å². The molecule has 0 spiro atoms. The average molecular weight is 281 g/mol. The number of aromatic nitrogens is 2. The topological polar surface area (TPSA) is 90.5 Å². The first kappa shape index (κ1) is 13.7. The number of halogens is 3. The van der Waals surface area contributed by atoms with Gasteiger partial charge >= 0.3 is 6.18 Å². The smallest absolute Gasteiger partial charge is 0.384 e. The quantitative estimate of drug-likeness (QED) is 0.806. The monoisotopic (exact) mass is 281 g/mol. The number of benzene rings is 1. The number of hydrogen-bond acceptors (Lipinski definition) is 4. The SMILES string of the molecule is N#Cc1cc(C(F)(F)F)ccc1NCc1cn[nH]c1N. The minimum absolute atomic E-state index is 0.0816. The van der Waals surface area contributed by atoms with Gasteiger partial charge in [-0.3, -0.25) is 5.10 Å². The fourth-order valence-corrected chi connectivity index (χ4v) is 1.62. The molecule has 0 atom stereocenters. The second-order valence-corrected chi connectivity index (χ2v) is 4.03. The molecule has 104 valence electrons. The third kappa shape index (κ3) is 2.83. The van der Waals surface area contributed by atoms with Crippen molar-refractivity contribution >= 4 is 11.5 Å². The summed E-state index contributed by atoms with van der Waals surface area (Å²) in [5.41, 5.74) is 5.61. The van der Waals surface area contributed by atoms with E-state index in [2.05, 4.69) is 15.5 Å². The molecule has 1 aromatic heterocycles. The first-order chi connectivity index (χ1) is 9.41. The number of H-pyrrole nitrogens is 1. The van der Waals surface area contributed by atoms with Gasteiger partial charge in [-0.05, 0) is 18.2 Å². The number of nitrogens with zero attached hydrogens (tertiary/aromatic N) is 2. The van der Waals surface area contributed by atoms with Crippen molar-refractivity contribution in [1.82, 2.24) is 10.2 Å². The Kier molecular flexibility index (Phi) is 3.52. The van der Waals surface area contributed by atoms with E-state index in [0.29, 0.717) is 17.1 Å². The summed E-state index contributed by atoms with van der Waals surface area (Å²) in [6.45, 7) is 0.252. The van der Waals surface area contributed by atoms with E-state index in [0.717, 1.165) is 12.1 Å². The van der Waals surface area contributed by atoms with Crippen molar-refractivity contribution in [3.8, 4) is 6.07 Å². The van der Waals surface area contributed by atoms with Crippen LogP contribution in [0.15, 0.2) is 24.4 Å². The highest BCUT2D eigenvalue weighted by atomic mass is 19.4. The van der Waals surface area contributed by atoms with Gasteiger partial charge in [-0.1, -0.05) is 0 Å². The molecule has 0 amide bonds. The van der Waals surface area contributed by atoms with Crippen molar-refractivity contribution in [3.05, 3.63) is 41.1 Å². The number of anilines is 2. The van der Waals surface area contributed by atoms with Crippen LogP contribution < -0.4 is 11.1 Å². The predicted molar refractivity (Wildman–Crippen MR) is 66.5 cm³/mol. The third-order valence-corrected chi connectivity index (χ3v) is 2.69. The molecular formula is C12H10F3N5. The molecular weight excluding hydrogens is 271 g/mol. The van der Waals surface area contributed by atoms with E-state index in [9.17, 15) is 13.2 Å². The lowest BCUT2D eigenvalue weighted by Gasteiger charge is -2.11. The van der Waals surface area contributed by atoms with Gasteiger partial charge in [0.2, 0.25) is 0 Å². The number of nitriles is 1. The van der Waals surface area contributed by atoms with E-state index in [1.807, 2.05) is 0 Å². The van der Waals surface area contributed by atoms with Crippen LogP contribution in [-0.4, -0.2) is 10.2 Å². The lowest BCUT2D eigenvalue weighted by molar-refractivity contribution is -0.137. The van der Waals surface area contributed by atoms with E-state index in [-0.39, 0.29) is 12.1 Å². The highest BCUT2D eigenvalue weighted by Crippen LogP contribution is 2.31. The summed E-state index contributed by atoms with van der Waals surface area (Å²) in [7, 11) is 0. The molecule has 8 heteroatoms. The van der Waals surface area contributed by atoms with Gasteiger partial charge < -0.3 is 11.1 Å². The fourth-order valence-electron chi connectivity index (χ4n) is 1.62. The van der Waals surface area contributed by atoms with Crippen molar-refractivity contribution in [3.63, 3.8) is 0 Å². The van der Waals surface area contributed by atoms with Crippen LogP contribution in [0.3, 0.4) is 0 Å². The Labute approximate surface area is 112 Å². The number of alkyl halides is 3. The van der Waals surface area contributed by atoms with Crippen molar-refractivity contribution < 1.29 is 13.2 Å². The molecule has 4 N–H and O–H groups in total. The van der Waals surface area contributed by atoms with Crippen LogP contribution in [-0.2, 0) is 12.7 Å².